The van der Waals surface area contributed by atoms with Gasteiger partial charge in [-0.3, -0.25) is 0 Å². The molecular weight excluding hydrogens is 119 g/mol. The first-order valence-corrected chi connectivity index (χ1v) is 4.35. The summed E-state index contributed by atoms with van der Waals surface area (Å²) in [5.41, 5.74) is 0. The Morgan fingerprint density at radius 2 is 1.50 bits per heavy atom. The molecule has 2 aliphatic rings. The number of rotatable bonds is 0. The van der Waals surface area contributed by atoms with Crippen molar-refractivity contribution in [2.45, 2.75) is 31.5 Å². The van der Waals surface area contributed by atoms with E-state index in [-0.39, 0.29) is 0 Å². The van der Waals surface area contributed by atoms with Gasteiger partial charge in [-0.05, 0) is 24.7 Å². The smallest absolute Gasteiger partial charge is 0.103 e. The van der Waals surface area contributed by atoms with E-state index < -0.39 is 0 Å². The molecule has 0 amide bonds. The van der Waals surface area contributed by atoms with Crippen LogP contribution >= 0.6 is 0 Å². The van der Waals surface area contributed by atoms with Gasteiger partial charge in [-0.15, -0.1) is 11.8 Å². The van der Waals surface area contributed by atoms with Crippen LogP contribution in [0.25, 0.3) is 0 Å². The first-order chi connectivity index (χ1) is 4.89. The molecular formula is C9H13B. The van der Waals surface area contributed by atoms with Gasteiger partial charge in [-0.2, -0.15) is 0 Å². The van der Waals surface area contributed by atoms with Crippen molar-refractivity contribution in [3.63, 3.8) is 0 Å². The van der Waals surface area contributed by atoms with E-state index in [0.29, 0.717) is 0 Å². The topological polar surface area (TPSA) is 0 Å². The number of fused-ring (bicyclic) bond motifs is 1. The number of hydrogen-bond donors (Lipinski definition) is 0. The highest BCUT2D eigenvalue weighted by molar-refractivity contribution is 6.14. The zero-order valence-corrected chi connectivity index (χ0v) is 6.56. The standard InChI is InChI=1S/C9H13B/c10-9-7-5-3-1-2-4-6-8(7)9/h7-9H,3-6,10H2/t7-,8+,9-. The van der Waals surface area contributed by atoms with Gasteiger partial charge in [0, 0.05) is 12.8 Å². The van der Waals surface area contributed by atoms with Gasteiger partial charge in [0.2, 0.25) is 0 Å². The molecule has 2 rings (SSSR count). The van der Waals surface area contributed by atoms with Gasteiger partial charge < -0.3 is 0 Å². The summed E-state index contributed by atoms with van der Waals surface area (Å²) in [6.45, 7) is 0. The summed E-state index contributed by atoms with van der Waals surface area (Å²) in [5.74, 6) is 9.55. The molecule has 0 spiro atoms. The third-order valence-corrected chi connectivity index (χ3v) is 3.09. The average Bonchev–Trinajstić information content (AvgIpc) is 2.39. The Bertz CT molecular complexity index is 169. The predicted octanol–water partition coefficient (Wildman–Crippen LogP) is 1.23. The summed E-state index contributed by atoms with van der Waals surface area (Å²) < 4.78 is 0. The molecule has 0 N–H and O–H groups in total. The molecule has 0 saturated heterocycles. The molecule has 0 aromatic carbocycles. The maximum Gasteiger partial charge on any atom is 0.106 e. The lowest BCUT2D eigenvalue weighted by Gasteiger charge is -1.96. The van der Waals surface area contributed by atoms with E-state index >= 15 is 0 Å². The van der Waals surface area contributed by atoms with Crippen molar-refractivity contribution in [1.29, 1.82) is 0 Å². The van der Waals surface area contributed by atoms with E-state index in [0.717, 1.165) is 30.5 Å². The first kappa shape index (κ1) is 6.34. The predicted molar refractivity (Wildman–Crippen MR) is 45.5 cm³/mol. The van der Waals surface area contributed by atoms with E-state index in [1.54, 1.807) is 0 Å². The SMILES string of the molecule is B[C@H]1[C@H]2CCC#CCC[C@@H]12. The van der Waals surface area contributed by atoms with Crippen LogP contribution in [0.3, 0.4) is 0 Å². The molecule has 10 heavy (non-hydrogen) atoms. The van der Waals surface area contributed by atoms with Crippen molar-refractivity contribution in [2.24, 2.45) is 11.8 Å². The minimum Gasteiger partial charge on any atom is -0.103 e. The van der Waals surface area contributed by atoms with Crippen LogP contribution in [0.15, 0.2) is 0 Å². The summed E-state index contributed by atoms with van der Waals surface area (Å²) in [7, 11) is 2.39. The molecule has 0 unspecified atom stereocenters. The Morgan fingerprint density at radius 1 is 1.00 bits per heavy atom. The fraction of sp³-hybridized carbons (Fsp3) is 0.778. The molecule has 0 aromatic rings. The van der Waals surface area contributed by atoms with E-state index in [1.165, 1.54) is 12.8 Å². The van der Waals surface area contributed by atoms with Crippen LogP contribution in [0.2, 0.25) is 5.82 Å². The lowest BCUT2D eigenvalue weighted by molar-refractivity contribution is 0.618. The van der Waals surface area contributed by atoms with Crippen molar-refractivity contribution < 1.29 is 0 Å². The Morgan fingerprint density at radius 3 is 2.00 bits per heavy atom. The van der Waals surface area contributed by atoms with Crippen LogP contribution in [0, 0.1) is 23.7 Å². The maximum absolute atomic E-state index is 3.21. The van der Waals surface area contributed by atoms with Crippen LogP contribution in [-0.2, 0) is 0 Å². The van der Waals surface area contributed by atoms with E-state index in [1.807, 2.05) is 0 Å². The van der Waals surface area contributed by atoms with Gasteiger partial charge in [0.25, 0.3) is 0 Å². The van der Waals surface area contributed by atoms with Crippen LogP contribution in [0.4, 0.5) is 0 Å². The third-order valence-electron chi connectivity index (χ3n) is 3.09. The average molecular weight is 132 g/mol. The molecule has 0 bridgehead atoms. The highest BCUT2D eigenvalue weighted by Crippen LogP contribution is 2.55. The highest BCUT2D eigenvalue weighted by atomic mass is 14.5. The van der Waals surface area contributed by atoms with E-state index in [4.69, 9.17) is 0 Å². The summed E-state index contributed by atoms with van der Waals surface area (Å²) in [6.07, 6.45) is 5.06. The lowest BCUT2D eigenvalue weighted by Crippen LogP contribution is -1.85. The third kappa shape index (κ3) is 0.965. The minimum atomic E-state index is 1.02. The van der Waals surface area contributed by atoms with Crippen molar-refractivity contribution >= 4 is 7.85 Å². The van der Waals surface area contributed by atoms with Crippen LogP contribution in [0.1, 0.15) is 25.7 Å². The highest BCUT2D eigenvalue weighted by Gasteiger charge is 2.44. The first-order valence-electron chi connectivity index (χ1n) is 4.35. The van der Waals surface area contributed by atoms with Crippen molar-refractivity contribution in [1.82, 2.24) is 0 Å². The van der Waals surface area contributed by atoms with Crippen LogP contribution < -0.4 is 0 Å². The van der Waals surface area contributed by atoms with Crippen LogP contribution in [-0.4, -0.2) is 7.85 Å². The van der Waals surface area contributed by atoms with Gasteiger partial charge in [-0.1, -0.05) is 5.82 Å². The Hall–Kier alpha value is -0.375. The second-order valence-corrected chi connectivity index (χ2v) is 3.62. The van der Waals surface area contributed by atoms with Gasteiger partial charge in [0.1, 0.15) is 7.85 Å². The normalized spacial score (nSPS) is 43.8. The molecule has 1 fully saturated rings. The fourth-order valence-electron chi connectivity index (χ4n) is 2.25. The Labute approximate surface area is 63.8 Å². The Balaban J connectivity index is 1.97. The summed E-state index contributed by atoms with van der Waals surface area (Å²) in [6, 6.07) is 0. The monoisotopic (exact) mass is 132 g/mol. The van der Waals surface area contributed by atoms with Crippen molar-refractivity contribution in [3.05, 3.63) is 0 Å². The molecule has 0 heterocycles. The fourth-order valence-corrected chi connectivity index (χ4v) is 2.25. The molecule has 52 valence electrons. The van der Waals surface area contributed by atoms with Crippen LogP contribution in [0.5, 0.6) is 0 Å². The van der Waals surface area contributed by atoms with Crippen molar-refractivity contribution in [2.75, 3.05) is 0 Å². The quantitative estimate of drug-likeness (QED) is 0.343. The lowest BCUT2D eigenvalue weighted by atomic mass is 9.97. The zero-order valence-electron chi connectivity index (χ0n) is 6.56. The molecule has 1 saturated carbocycles. The van der Waals surface area contributed by atoms with Gasteiger partial charge in [0.15, 0.2) is 0 Å². The summed E-state index contributed by atoms with van der Waals surface area (Å²) >= 11 is 0. The second kappa shape index (κ2) is 2.34. The van der Waals surface area contributed by atoms with Crippen molar-refractivity contribution in [3.8, 4) is 11.8 Å². The van der Waals surface area contributed by atoms with Gasteiger partial charge in [-0.25, -0.2) is 0 Å². The summed E-state index contributed by atoms with van der Waals surface area (Å²) in [5, 5.41) is 0. The minimum absolute atomic E-state index is 1.02. The zero-order chi connectivity index (χ0) is 6.97. The maximum atomic E-state index is 3.21. The second-order valence-electron chi connectivity index (χ2n) is 3.62. The van der Waals surface area contributed by atoms with E-state index in [9.17, 15) is 0 Å². The molecule has 0 aromatic heterocycles. The summed E-state index contributed by atoms with van der Waals surface area (Å²) in [4.78, 5) is 0. The molecule has 2 aliphatic carbocycles. The van der Waals surface area contributed by atoms with Gasteiger partial charge in [0.05, 0.1) is 0 Å². The molecule has 0 nitrogen and oxygen atoms in total. The number of hydrogen-bond acceptors (Lipinski definition) is 0. The van der Waals surface area contributed by atoms with Gasteiger partial charge >= 0.3 is 0 Å². The molecule has 1 heteroatoms. The largest absolute Gasteiger partial charge is 0.106 e. The van der Waals surface area contributed by atoms with E-state index in [2.05, 4.69) is 19.7 Å². The molecule has 3 atom stereocenters. The Kier molecular flexibility index (Phi) is 1.49. The molecule has 0 radical (unpaired) electrons. The molecule has 0 aliphatic heterocycles.